The van der Waals surface area contributed by atoms with Crippen LogP contribution in [0.25, 0.3) is 0 Å². The first kappa shape index (κ1) is 18.6. The van der Waals surface area contributed by atoms with Gasteiger partial charge in [-0.1, -0.05) is 32.4 Å². The lowest BCUT2D eigenvalue weighted by Crippen LogP contribution is -2.34. The van der Waals surface area contributed by atoms with Gasteiger partial charge in [-0.05, 0) is 6.42 Å². The summed E-state index contributed by atoms with van der Waals surface area (Å²) in [7, 11) is -4.73. The molecule has 0 aromatic heterocycles. The standard InChI is InChI=1S/C12H20O7S/c1-3-5-6-8-18-11(13)9-10(20(15,16)17)12(14)19-7-4-2/h4,10H,2-3,5-9H2,1H3,(H,15,16,17). The molecule has 0 aliphatic rings. The number of rotatable bonds is 10. The van der Waals surface area contributed by atoms with Crippen LogP contribution in [0.4, 0.5) is 0 Å². The first-order valence-electron chi connectivity index (χ1n) is 6.22. The third-order valence-corrected chi connectivity index (χ3v) is 3.41. The third kappa shape index (κ3) is 7.90. The van der Waals surface area contributed by atoms with E-state index in [1.165, 1.54) is 6.08 Å². The molecule has 116 valence electrons. The van der Waals surface area contributed by atoms with Gasteiger partial charge in [-0.2, -0.15) is 8.42 Å². The van der Waals surface area contributed by atoms with Gasteiger partial charge < -0.3 is 9.47 Å². The highest BCUT2D eigenvalue weighted by atomic mass is 32.2. The van der Waals surface area contributed by atoms with Crippen LogP contribution in [0, 0.1) is 0 Å². The Morgan fingerprint density at radius 3 is 2.45 bits per heavy atom. The fraction of sp³-hybridized carbons (Fsp3) is 0.667. The van der Waals surface area contributed by atoms with Crippen molar-refractivity contribution in [2.75, 3.05) is 13.2 Å². The average Bonchev–Trinajstić information content (AvgIpc) is 2.37. The number of hydrogen-bond acceptors (Lipinski definition) is 6. The molecule has 0 fully saturated rings. The average molecular weight is 308 g/mol. The van der Waals surface area contributed by atoms with Crippen LogP contribution in [0.2, 0.25) is 0 Å². The molecule has 0 radical (unpaired) electrons. The molecule has 0 spiro atoms. The molecule has 0 rings (SSSR count). The molecule has 1 N–H and O–H groups in total. The zero-order valence-electron chi connectivity index (χ0n) is 11.4. The molecule has 8 heteroatoms. The monoisotopic (exact) mass is 308 g/mol. The highest BCUT2D eigenvalue weighted by Gasteiger charge is 2.35. The zero-order chi connectivity index (χ0) is 15.6. The molecule has 0 saturated heterocycles. The summed E-state index contributed by atoms with van der Waals surface area (Å²) in [5.41, 5.74) is 0. The van der Waals surface area contributed by atoms with Crippen molar-refractivity contribution in [1.82, 2.24) is 0 Å². The lowest BCUT2D eigenvalue weighted by Gasteiger charge is -2.12. The van der Waals surface area contributed by atoms with E-state index in [4.69, 9.17) is 9.29 Å². The first-order valence-corrected chi connectivity index (χ1v) is 7.72. The molecule has 0 amide bonds. The Morgan fingerprint density at radius 2 is 1.95 bits per heavy atom. The minimum absolute atomic E-state index is 0.145. The van der Waals surface area contributed by atoms with E-state index < -0.39 is 33.7 Å². The molecule has 0 aromatic carbocycles. The maximum absolute atomic E-state index is 11.4. The molecule has 0 saturated carbocycles. The molecule has 0 aliphatic carbocycles. The minimum atomic E-state index is -4.73. The third-order valence-electron chi connectivity index (χ3n) is 2.33. The van der Waals surface area contributed by atoms with Gasteiger partial charge in [0.05, 0.1) is 13.0 Å². The van der Waals surface area contributed by atoms with E-state index in [0.717, 1.165) is 12.8 Å². The van der Waals surface area contributed by atoms with Crippen molar-refractivity contribution >= 4 is 22.1 Å². The summed E-state index contributed by atoms with van der Waals surface area (Å²) >= 11 is 0. The fourth-order valence-electron chi connectivity index (χ4n) is 1.29. The second-order valence-electron chi connectivity index (χ2n) is 4.05. The van der Waals surface area contributed by atoms with Crippen LogP contribution in [0.5, 0.6) is 0 Å². The Morgan fingerprint density at radius 1 is 1.30 bits per heavy atom. The van der Waals surface area contributed by atoms with E-state index in [1.807, 2.05) is 6.92 Å². The van der Waals surface area contributed by atoms with Crippen LogP contribution < -0.4 is 0 Å². The molecular weight excluding hydrogens is 288 g/mol. The number of ether oxygens (including phenoxy) is 2. The molecule has 1 atom stereocenters. The summed E-state index contributed by atoms with van der Waals surface area (Å²) in [6, 6.07) is 0. The van der Waals surface area contributed by atoms with Gasteiger partial charge in [-0.3, -0.25) is 14.1 Å². The summed E-state index contributed by atoms with van der Waals surface area (Å²) in [5, 5.41) is -1.97. The van der Waals surface area contributed by atoms with E-state index >= 15 is 0 Å². The van der Waals surface area contributed by atoms with Crippen molar-refractivity contribution in [2.45, 2.75) is 37.9 Å². The maximum Gasteiger partial charge on any atom is 0.327 e. The summed E-state index contributed by atoms with van der Waals surface area (Å²) in [4.78, 5) is 22.9. The lowest BCUT2D eigenvalue weighted by molar-refractivity contribution is -0.149. The normalized spacial score (nSPS) is 12.5. The van der Waals surface area contributed by atoms with Crippen LogP contribution in [-0.2, 0) is 29.2 Å². The van der Waals surface area contributed by atoms with Gasteiger partial charge in [0.15, 0.2) is 5.25 Å². The lowest BCUT2D eigenvalue weighted by atomic mass is 10.2. The second kappa shape index (κ2) is 9.49. The van der Waals surface area contributed by atoms with Gasteiger partial charge in [0.1, 0.15) is 6.61 Å². The Hall–Kier alpha value is -1.41. The van der Waals surface area contributed by atoms with E-state index in [2.05, 4.69) is 11.3 Å². The van der Waals surface area contributed by atoms with Gasteiger partial charge in [0, 0.05) is 0 Å². The van der Waals surface area contributed by atoms with Crippen LogP contribution in [0.3, 0.4) is 0 Å². The minimum Gasteiger partial charge on any atom is -0.466 e. The topological polar surface area (TPSA) is 107 Å². The fourth-order valence-corrected chi connectivity index (χ4v) is 1.95. The van der Waals surface area contributed by atoms with Crippen LogP contribution in [-0.4, -0.2) is 43.4 Å². The Bertz CT molecular complexity index is 427. The van der Waals surface area contributed by atoms with E-state index in [-0.39, 0.29) is 13.2 Å². The summed E-state index contributed by atoms with van der Waals surface area (Å²) in [6.45, 7) is 5.20. The van der Waals surface area contributed by atoms with Crippen molar-refractivity contribution in [1.29, 1.82) is 0 Å². The summed E-state index contributed by atoms with van der Waals surface area (Å²) in [5.74, 6) is -2.09. The van der Waals surface area contributed by atoms with Crippen molar-refractivity contribution < 1.29 is 32.0 Å². The zero-order valence-corrected chi connectivity index (χ0v) is 12.2. The van der Waals surface area contributed by atoms with Crippen LogP contribution in [0.1, 0.15) is 32.6 Å². The van der Waals surface area contributed by atoms with Crippen molar-refractivity contribution in [2.24, 2.45) is 0 Å². The molecule has 0 heterocycles. The predicted octanol–water partition coefficient (Wildman–Crippen LogP) is 1.10. The largest absolute Gasteiger partial charge is 0.466 e. The van der Waals surface area contributed by atoms with E-state index in [9.17, 15) is 18.0 Å². The molecule has 1 unspecified atom stereocenters. The Kier molecular flexibility index (Phi) is 8.82. The Balaban J connectivity index is 4.47. The molecular formula is C12H20O7S. The van der Waals surface area contributed by atoms with Crippen LogP contribution >= 0.6 is 0 Å². The Labute approximate surface area is 118 Å². The predicted molar refractivity (Wildman–Crippen MR) is 71.6 cm³/mol. The highest BCUT2D eigenvalue weighted by molar-refractivity contribution is 7.87. The quantitative estimate of drug-likeness (QED) is 0.278. The molecule has 7 nitrogen and oxygen atoms in total. The molecule has 0 bridgehead atoms. The van der Waals surface area contributed by atoms with Crippen LogP contribution in [0.15, 0.2) is 12.7 Å². The molecule has 0 aliphatic heterocycles. The van der Waals surface area contributed by atoms with Crippen molar-refractivity contribution in [3.63, 3.8) is 0 Å². The van der Waals surface area contributed by atoms with Gasteiger partial charge in [0.2, 0.25) is 0 Å². The number of carbonyl (C=O) groups excluding carboxylic acids is 2. The van der Waals surface area contributed by atoms with Gasteiger partial charge in [-0.25, -0.2) is 0 Å². The first-order chi connectivity index (χ1) is 9.32. The van der Waals surface area contributed by atoms with E-state index in [0.29, 0.717) is 6.42 Å². The van der Waals surface area contributed by atoms with Gasteiger partial charge >= 0.3 is 11.9 Å². The molecule has 0 aromatic rings. The van der Waals surface area contributed by atoms with Gasteiger partial charge in [-0.15, -0.1) is 0 Å². The summed E-state index contributed by atoms with van der Waals surface area (Å²) in [6.07, 6.45) is 2.93. The summed E-state index contributed by atoms with van der Waals surface area (Å²) < 4.78 is 40.4. The smallest absolute Gasteiger partial charge is 0.327 e. The number of esters is 2. The van der Waals surface area contributed by atoms with Crippen molar-refractivity contribution in [3.05, 3.63) is 12.7 Å². The number of hydrogen-bond donors (Lipinski definition) is 1. The van der Waals surface area contributed by atoms with Crippen molar-refractivity contribution in [3.8, 4) is 0 Å². The molecule has 20 heavy (non-hydrogen) atoms. The SMILES string of the molecule is C=CCOC(=O)C(CC(=O)OCCCCC)S(=O)(=O)O. The number of carbonyl (C=O) groups is 2. The number of unbranched alkanes of at least 4 members (excludes halogenated alkanes) is 2. The maximum atomic E-state index is 11.4. The highest BCUT2D eigenvalue weighted by Crippen LogP contribution is 2.09. The second-order valence-corrected chi connectivity index (χ2v) is 5.65. The van der Waals surface area contributed by atoms with E-state index in [1.54, 1.807) is 0 Å². The van der Waals surface area contributed by atoms with Gasteiger partial charge in [0.25, 0.3) is 10.1 Å².